The average molecular weight is 201 g/mol. The molecule has 0 aromatic heterocycles. The molecule has 0 radical (unpaired) electrons. The Hall–Kier alpha value is -1.08. The first-order valence-corrected chi connectivity index (χ1v) is 5.75. The van der Waals surface area contributed by atoms with Crippen LogP contribution in [0.15, 0.2) is 24.3 Å². The van der Waals surface area contributed by atoms with E-state index in [1.54, 1.807) is 0 Å². The SMILES string of the molecule is Cc1ccc(C2=CCCNCC2)c(C)c1. The van der Waals surface area contributed by atoms with Crippen LogP contribution in [0.3, 0.4) is 0 Å². The highest BCUT2D eigenvalue weighted by Crippen LogP contribution is 2.24. The minimum absolute atomic E-state index is 1.11. The second-order valence-electron chi connectivity index (χ2n) is 4.34. The highest BCUT2D eigenvalue weighted by atomic mass is 14.8. The van der Waals surface area contributed by atoms with E-state index in [1.807, 2.05) is 0 Å². The monoisotopic (exact) mass is 201 g/mol. The standard InChI is InChI=1S/C14H19N/c1-11-5-6-14(12(2)10-11)13-4-3-8-15-9-7-13/h4-6,10,15H,3,7-9H2,1-2H3. The third-order valence-electron chi connectivity index (χ3n) is 3.01. The van der Waals surface area contributed by atoms with Gasteiger partial charge in [0.05, 0.1) is 0 Å². The largest absolute Gasteiger partial charge is 0.316 e. The number of benzene rings is 1. The van der Waals surface area contributed by atoms with E-state index in [1.165, 1.54) is 22.3 Å². The van der Waals surface area contributed by atoms with Crippen molar-refractivity contribution in [3.63, 3.8) is 0 Å². The number of hydrogen-bond acceptors (Lipinski definition) is 1. The van der Waals surface area contributed by atoms with Crippen LogP contribution in [-0.4, -0.2) is 13.1 Å². The molecule has 0 spiro atoms. The molecule has 0 unspecified atom stereocenters. The molecule has 0 aliphatic carbocycles. The fraction of sp³-hybridized carbons (Fsp3) is 0.429. The van der Waals surface area contributed by atoms with E-state index in [9.17, 15) is 0 Å². The van der Waals surface area contributed by atoms with E-state index in [2.05, 4.69) is 43.4 Å². The summed E-state index contributed by atoms with van der Waals surface area (Å²) in [5, 5.41) is 3.43. The van der Waals surface area contributed by atoms with Crippen LogP contribution in [0.1, 0.15) is 29.5 Å². The predicted molar refractivity (Wildman–Crippen MR) is 66.0 cm³/mol. The maximum atomic E-state index is 3.43. The second kappa shape index (κ2) is 4.63. The van der Waals surface area contributed by atoms with Crippen molar-refractivity contribution >= 4 is 5.57 Å². The van der Waals surface area contributed by atoms with Gasteiger partial charge < -0.3 is 5.32 Å². The number of rotatable bonds is 1. The first-order chi connectivity index (χ1) is 7.27. The average Bonchev–Trinajstić information content (AvgIpc) is 2.46. The van der Waals surface area contributed by atoms with Crippen LogP contribution in [-0.2, 0) is 0 Å². The van der Waals surface area contributed by atoms with Crippen LogP contribution in [0.2, 0.25) is 0 Å². The van der Waals surface area contributed by atoms with Crippen LogP contribution in [0, 0.1) is 13.8 Å². The van der Waals surface area contributed by atoms with Crippen LogP contribution in [0.5, 0.6) is 0 Å². The van der Waals surface area contributed by atoms with Crippen LogP contribution >= 0.6 is 0 Å². The van der Waals surface area contributed by atoms with E-state index in [-0.39, 0.29) is 0 Å². The molecule has 1 aromatic rings. The molecule has 1 heteroatoms. The Kier molecular flexibility index (Phi) is 3.22. The van der Waals surface area contributed by atoms with Crippen molar-refractivity contribution in [1.29, 1.82) is 0 Å². The molecule has 1 heterocycles. The fourth-order valence-corrected chi connectivity index (χ4v) is 2.22. The Morgan fingerprint density at radius 3 is 2.80 bits per heavy atom. The quantitative estimate of drug-likeness (QED) is 0.736. The molecule has 1 aliphatic heterocycles. The molecular weight excluding hydrogens is 182 g/mol. The molecule has 1 aliphatic rings. The Bertz CT molecular complexity index is 377. The molecule has 1 N–H and O–H groups in total. The van der Waals surface area contributed by atoms with Gasteiger partial charge in [-0.2, -0.15) is 0 Å². The molecule has 0 bridgehead atoms. The van der Waals surface area contributed by atoms with Gasteiger partial charge in [0.2, 0.25) is 0 Å². The molecule has 1 nitrogen and oxygen atoms in total. The van der Waals surface area contributed by atoms with Gasteiger partial charge in [0, 0.05) is 0 Å². The van der Waals surface area contributed by atoms with Crippen LogP contribution in [0.4, 0.5) is 0 Å². The third kappa shape index (κ3) is 2.48. The van der Waals surface area contributed by atoms with Crippen molar-refractivity contribution in [3.8, 4) is 0 Å². The molecular formula is C14H19N. The van der Waals surface area contributed by atoms with Crippen molar-refractivity contribution in [2.24, 2.45) is 0 Å². The zero-order valence-corrected chi connectivity index (χ0v) is 9.64. The van der Waals surface area contributed by atoms with E-state index >= 15 is 0 Å². The molecule has 0 atom stereocenters. The van der Waals surface area contributed by atoms with E-state index in [0.717, 1.165) is 25.9 Å². The predicted octanol–water partition coefficient (Wildman–Crippen LogP) is 3.07. The first kappa shape index (κ1) is 10.4. The number of aryl methyl sites for hydroxylation is 2. The maximum Gasteiger partial charge on any atom is -0.000812 e. The van der Waals surface area contributed by atoms with Gasteiger partial charge in [-0.15, -0.1) is 0 Å². The summed E-state index contributed by atoms with van der Waals surface area (Å²) in [7, 11) is 0. The lowest BCUT2D eigenvalue weighted by Gasteiger charge is -2.10. The molecule has 0 fully saturated rings. The Labute approximate surface area is 92.2 Å². The molecule has 80 valence electrons. The zero-order valence-electron chi connectivity index (χ0n) is 9.64. The van der Waals surface area contributed by atoms with Crippen LogP contribution in [0.25, 0.3) is 5.57 Å². The summed E-state index contributed by atoms with van der Waals surface area (Å²) in [5.74, 6) is 0. The van der Waals surface area contributed by atoms with Gasteiger partial charge >= 0.3 is 0 Å². The maximum absolute atomic E-state index is 3.43. The summed E-state index contributed by atoms with van der Waals surface area (Å²) >= 11 is 0. The zero-order chi connectivity index (χ0) is 10.7. The summed E-state index contributed by atoms with van der Waals surface area (Å²) < 4.78 is 0. The lowest BCUT2D eigenvalue weighted by atomic mass is 9.96. The van der Waals surface area contributed by atoms with E-state index in [4.69, 9.17) is 0 Å². The summed E-state index contributed by atoms with van der Waals surface area (Å²) in [4.78, 5) is 0. The summed E-state index contributed by atoms with van der Waals surface area (Å²) in [6.07, 6.45) is 4.70. The van der Waals surface area contributed by atoms with Gasteiger partial charge in [-0.05, 0) is 56.5 Å². The molecule has 1 aromatic carbocycles. The number of nitrogens with one attached hydrogen (secondary N) is 1. The van der Waals surface area contributed by atoms with Gasteiger partial charge in [0.15, 0.2) is 0 Å². The minimum Gasteiger partial charge on any atom is -0.316 e. The van der Waals surface area contributed by atoms with Gasteiger partial charge in [-0.25, -0.2) is 0 Å². The topological polar surface area (TPSA) is 12.0 Å². The van der Waals surface area contributed by atoms with E-state index in [0.29, 0.717) is 0 Å². The highest BCUT2D eigenvalue weighted by molar-refractivity contribution is 5.68. The van der Waals surface area contributed by atoms with Crippen molar-refractivity contribution in [2.45, 2.75) is 26.7 Å². The summed E-state index contributed by atoms with van der Waals surface area (Å²) in [6.45, 7) is 6.59. The van der Waals surface area contributed by atoms with Gasteiger partial charge in [0.25, 0.3) is 0 Å². The Morgan fingerprint density at radius 1 is 1.13 bits per heavy atom. The number of hydrogen-bond donors (Lipinski definition) is 1. The third-order valence-corrected chi connectivity index (χ3v) is 3.01. The molecule has 0 amide bonds. The highest BCUT2D eigenvalue weighted by Gasteiger charge is 2.07. The van der Waals surface area contributed by atoms with Crippen LogP contribution < -0.4 is 5.32 Å². The lowest BCUT2D eigenvalue weighted by molar-refractivity contribution is 0.718. The first-order valence-electron chi connectivity index (χ1n) is 5.75. The van der Waals surface area contributed by atoms with Gasteiger partial charge in [0.1, 0.15) is 0 Å². The Balaban J connectivity index is 2.31. The minimum atomic E-state index is 1.11. The molecule has 2 rings (SSSR count). The fourth-order valence-electron chi connectivity index (χ4n) is 2.22. The van der Waals surface area contributed by atoms with Crippen molar-refractivity contribution < 1.29 is 0 Å². The van der Waals surface area contributed by atoms with Gasteiger partial charge in [-0.1, -0.05) is 29.8 Å². The normalized spacial score (nSPS) is 17.1. The van der Waals surface area contributed by atoms with Gasteiger partial charge in [-0.3, -0.25) is 0 Å². The van der Waals surface area contributed by atoms with E-state index < -0.39 is 0 Å². The summed E-state index contributed by atoms with van der Waals surface area (Å²) in [6, 6.07) is 6.75. The van der Waals surface area contributed by atoms with Crippen molar-refractivity contribution in [2.75, 3.05) is 13.1 Å². The van der Waals surface area contributed by atoms with Crippen molar-refractivity contribution in [3.05, 3.63) is 41.0 Å². The lowest BCUT2D eigenvalue weighted by Crippen LogP contribution is -2.13. The molecule has 0 saturated carbocycles. The van der Waals surface area contributed by atoms with Crippen molar-refractivity contribution in [1.82, 2.24) is 5.32 Å². The summed E-state index contributed by atoms with van der Waals surface area (Å²) in [5.41, 5.74) is 5.70. The molecule has 0 saturated heterocycles. The Morgan fingerprint density at radius 2 is 2.00 bits per heavy atom. The smallest absolute Gasteiger partial charge is 0.000812 e. The molecule has 15 heavy (non-hydrogen) atoms. The second-order valence-corrected chi connectivity index (χ2v) is 4.34.